The fourth-order valence-corrected chi connectivity index (χ4v) is 3.68. The first-order valence-corrected chi connectivity index (χ1v) is 9.11. The van der Waals surface area contributed by atoms with Crippen molar-refractivity contribution in [3.63, 3.8) is 0 Å². The second kappa shape index (κ2) is 8.74. The van der Waals surface area contributed by atoms with Crippen LogP contribution in [0.3, 0.4) is 0 Å². The van der Waals surface area contributed by atoms with Crippen molar-refractivity contribution in [2.24, 2.45) is 0 Å². The maximum absolute atomic E-state index is 11.8. The number of nitrogens with one attached hydrogen (secondary N) is 1. The van der Waals surface area contributed by atoms with Crippen LogP contribution in [0.25, 0.3) is 0 Å². The van der Waals surface area contributed by atoms with E-state index in [0.717, 1.165) is 24.8 Å². The van der Waals surface area contributed by atoms with E-state index >= 15 is 0 Å². The number of rotatable bonds is 6. The summed E-state index contributed by atoms with van der Waals surface area (Å²) in [5.74, 6) is 0.125. The molecule has 1 aliphatic carbocycles. The number of benzene rings is 2. The van der Waals surface area contributed by atoms with Crippen molar-refractivity contribution >= 4 is 18.4 Å². The maximum Gasteiger partial charge on any atom is 0.342 e. The first-order chi connectivity index (χ1) is 12.7. The van der Waals surface area contributed by atoms with Gasteiger partial charge in [-0.2, -0.15) is 0 Å². The highest BCUT2D eigenvalue weighted by molar-refractivity contribution is 5.96. The fraction of sp³-hybridized carbons (Fsp3) is 0.381. The van der Waals surface area contributed by atoms with Gasteiger partial charge in [0.15, 0.2) is 0 Å². The Labute approximate surface area is 165 Å². The highest BCUT2D eigenvalue weighted by atomic mass is 35.5. The summed E-state index contributed by atoms with van der Waals surface area (Å²) in [6, 6.07) is 14.3. The second-order valence-corrected chi connectivity index (χ2v) is 6.95. The molecule has 27 heavy (non-hydrogen) atoms. The highest BCUT2D eigenvalue weighted by Gasteiger charge is 2.26. The lowest BCUT2D eigenvalue weighted by atomic mass is 9.88. The molecular formula is C21H24ClNO4. The SMILES string of the molecule is Cl.O=C1OCc2cccc(OCC(O)CNC3CCc4ccccc4C3)c21. The Bertz CT molecular complexity index is 811. The molecular weight excluding hydrogens is 366 g/mol. The van der Waals surface area contributed by atoms with Crippen molar-refractivity contribution in [2.45, 2.75) is 38.0 Å². The molecule has 0 fully saturated rings. The van der Waals surface area contributed by atoms with Gasteiger partial charge in [-0.05, 0) is 36.5 Å². The first kappa shape index (κ1) is 19.7. The van der Waals surface area contributed by atoms with Crippen LogP contribution in [0.1, 0.15) is 33.5 Å². The molecule has 4 rings (SSSR count). The van der Waals surface area contributed by atoms with Crippen LogP contribution in [-0.2, 0) is 24.2 Å². The number of esters is 1. The third-order valence-electron chi connectivity index (χ3n) is 5.10. The molecule has 2 aromatic rings. The van der Waals surface area contributed by atoms with Gasteiger partial charge in [-0.15, -0.1) is 12.4 Å². The van der Waals surface area contributed by atoms with Gasteiger partial charge in [0.05, 0.1) is 0 Å². The average Bonchev–Trinajstić information content (AvgIpc) is 3.06. The van der Waals surface area contributed by atoms with Crippen LogP contribution in [0.4, 0.5) is 0 Å². The van der Waals surface area contributed by atoms with Gasteiger partial charge in [0.1, 0.15) is 30.6 Å². The number of hydrogen-bond acceptors (Lipinski definition) is 5. The van der Waals surface area contributed by atoms with E-state index in [9.17, 15) is 9.90 Å². The second-order valence-electron chi connectivity index (χ2n) is 6.95. The minimum Gasteiger partial charge on any atom is -0.490 e. The number of hydrogen-bond donors (Lipinski definition) is 2. The Morgan fingerprint density at radius 3 is 2.78 bits per heavy atom. The van der Waals surface area contributed by atoms with Gasteiger partial charge in [0.2, 0.25) is 0 Å². The molecule has 6 heteroatoms. The van der Waals surface area contributed by atoms with E-state index in [1.807, 2.05) is 12.1 Å². The van der Waals surface area contributed by atoms with Crippen LogP contribution in [0, 0.1) is 0 Å². The number of aliphatic hydroxyl groups is 1. The van der Waals surface area contributed by atoms with Gasteiger partial charge in [-0.3, -0.25) is 0 Å². The van der Waals surface area contributed by atoms with Crippen LogP contribution < -0.4 is 10.1 Å². The molecule has 2 aromatic carbocycles. The zero-order valence-corrected chi connectivity index (χ0v) is 15.8. The molecule has 0 saturated carbocycles. The quantitative estimate of drug-likeness (QED) is 0.743. The Hall–Kier alpha value is -2.08. The van der Waals surface area contributed by atoms with Gasteiger partial charge in [-0.25, -0.2) is 4.79 Å². The predicted molar refractivity (Wildman–Crippen MR) is 105 cm³/mol. The van der Waals surface area contributed by atoms with Gasteiger partial charge >= 0.3 is 5.97 Å². The number of ether oxygens (including phenoxy) is 2. The van der Waals surface area contributed by atoms with E-state index < -0.39 is 6.10 Å². The van der Waals surface area contributed by atoms with Crippen molar-refractivity contribution in [3.05, 3.63) is 64.7 Å². The third kappa shape index (κ3) is 4.43. The van der Waals surface area contributed by atoms with Crippen molar-refractivity contribution in [2.75, 3.05) is 13.2 Å². The number of aliphatic hydroxyl groups excluding tert-OH is 1. The van der Waals surface area contributed by atoms with Crippen molar-refractivity contribution in [1.29, 1.82) is 0 Å². The summed E-state index contributed by atoms with van der Waals surface area (Å²) < 4.78 is 10.7. The number of carbonyl (C=O) groups is 1. The third-order valence-corrected chi connectivity index (χ3v) is 5.10. The maximum atomic E-state index is 11.8. The van der Waals surface area contributed by atoms with Gasteiger partial charge < -0.3 is 19.9 Å². The number of fused-ring (bicyclic) bond motifs is 2. The first-order valence-electron chi connectivity index (χ1n) is 9.11. The van der Waals surface area contributed by atoms with E-state index in [1.165, 1.54) is 11.1 Å². The molecule has 5 nitrogen and oxygen atoms in total. The van der Waals surface area contributed by atoms with Crippen LogP contribution in [0.2, 0.25) is 0 Å². The molecule has 0 bridgehead atoms. The molecule has 0 saturated heterocycles. The molecule has 1 aliphatic heterocycles. The van der Waals surface area contributed by atoms with Crippen LogP contribution >= 0.6 is 12.4 Å². The molecule has 2 unspecified atom stereocenters. The van der Waals surface area contributed by atoms with Crippen LogP contribution in [-0.4, -0.2) is 36.4 Å². The number of aryl methyl sites for hydroxylation is 1. The predicted octanol–water partition coefficient (Wildman–Crippen LogP) is 2.67. The minimum atomic E-state index is -0.638. The Balaban J connectivity index is 0.00000210. The standard InChI is InChI=1S/C21H23NO4.ClH/c23-18(11-22-17-9-8-14-4-1-2-5-15(14)10-17)13-25-19-7-3-6-16-12-26-21(24)20(16)19;/h1-7,17-18,22-23H,8-13H2;1H. The lowest BCUT2D eigenvalue weighted by molar-refractivity contribution is 0.0528. The summed E-state index contributed by atoms with van der Waals surface area (Å²) in [7, 11) is 0. The van der Waals surface area contributed by atoms with E-state index in [0.29, 0.717) is 30.5 Å². The van der Waals surface area contributed by atoms with E-state index in [2.05, 4.69) is 29.6 Å². The molecule has 0 amide bonds. The molecule has 0 spiro atoms. The summed E-state index contributed by atoms with van der Waals surface area (Å²) in [5.41, 5.74) is 4.14. The monoisotopic (exact) mass is 389 g/mol. The molecule has 0 aromatic heterocycles. The van der Waals surface area contributed by atoms with E-state index in [4.69, 9.17) is 9.47 Å². The molecule has 1 heterocycles. The van der Waals surface area contributed by atoms with Crippen LogP contribution in [0.5, 0.6) is 5.75 Å². The highest BCUT2D eigenvalue weighted by Crippen LogP contribution is 2.29. The van der Waals surface area contributed by atoms with Gasteiger partial charge in [0.25, 0.3) is 0 Å². The van der Waals surface area contributed by atoms with Crippen molar-refractivity contribution in [1.82, 2.24) is 5.32 Å². The van der Waals surface area contributed by atoms with E-state index in [-0.39, 0.29) is 25.0 Å². The van der Waals surface area contributed by atoms with Gasteiger partial charge in [0, 0.05) is 18.2 Å². The number of cyclic esters (lactones) is 1. The Morgan fingerprint density at radius 1 is 1.15 bits per heavy atom. The average molecular weight is 390 g/mol. The normalized spacial score (nSPS) is 18.7. The molecule has 2 aliphatic rings. The molecule has 2 N–H and O–H groups in total. The molecule has 0 radical (unpaired) electrons. The summed E-state index contributed by atoms with van der Waals surface area (Å²) in [6.07, 6.45) is 2.49. The zero-order chi connectivity index (χ0) is 17.9. The molecule has 144 valence electrons. The van der Waals surface area contributed by atoms with Gasteiger partial charge in [-0.1, -0.05) is 36.4 Å². The zero-order valence-electron chi connectivity index (χ0n) is 15.0. The number of halogens is 1. The Morgan fingerprint density at radius 2 is 1.93 bits per heavy atom. The van der Waals surface area contributed by atoms with Crippen molar-refractivity contribution in [3.8, 4) is 5.75 Å². The van der Waals surface area contributed by atoms with E-state index in [1.54, 1.807) is 6.07 Å². The fourth-order valence-electron chi connectivity index (χ4n) is 3.68. The number of carbonyl (C=O) groups excluding carboxylic acids is 1. The minimum absolute atomic E-state index is 0. The van der Waals surface area contributed by atoms with Crippen LogP contribution in [0.15, 0.2) is 42.5 Å². The topological polar surface area (TPSA) is 67.8 Å². The largest absolute Gasteiger partial charge is 0.490 e. The lowest BCUT2D eigenvalue weighted by Gasteiger charge is -2.26. The summed E-state index contributed by atoms with van der Waals surface area (Å²) in [5, 5.41) is 13.7. The summed E-state index contributed by atoms with van der Waals surface area (Å²) >= 11 is 0. The smallest absolute Gasteiger partial charge is 0.342 e. The summed E-state index contributed by atoms with van der Waals surface area (Å²) in [6.45, 7) is 0.894. The summed E-state index contributed by atoms with van der Waals surface area (Å²) in [4.78, 5) is 11.8. The lowest BCUT2D eigenvalue weighted by Crippen LogP contribution is -2.40. The molecule has 2 atom stereocenters. The van der Waals surface area contributed by atoms with Crippen molar-refractivity contribution < 1.29 is 19.4 Å². The Kier molecular flexibility index (Phi) is 6.37.